The molecule has 5 heterocycles. The molecule has 4 aromatic rings. The van der Waals surface area contributed by atoms with E-state index in [1.165, 1.54) is 10.7 Å². The van der Waals surface area contributed by atoms with E-state index in [1.54, 1.807) is 4.40 Å². The molecule has 0 radical (unpaired) electrons. The fourth-order valence-corrected chi connectivity index (χ4v) is 4.22. The lowest BCUT2D eigenvalue weighted by atomic mass is 10.1. The molecule has 0 aromatic carbocycles. The van der Waals surface area contributed by atoms with E-state index >= 15 is 0 Å². The molecule has 4 aromatic heterocycles. The third-order valence-corrected chi connectivity index (χ3v) is 5.43. The molecule has 0 amide bonds. The zero-order chi connectivity index (χ0) is 21.0. The Labute approximate surface area is 173 Å². The van der Waals surface area contributed by atoms with E-state index in [0.717, 1.165) is 24.3 Å². The van der Waals surface area contributed by atoms with Gasteiger partial charge in [-0.05, 0) is 51.5 Å². The highest BCUT2D eigenvalue weighted by atomic mass is 16.1. The fourth-order valence-electron chi connectivity index (χ4n) is 4.22. The van der Waals surface area contributed by atoms with Crippen molar-refractivity contribution in [2.24, 2.45) is 0 Å². The van der Waals surface area contributed by atoms with Gasteiger partial charge in [-0.2, -0.15) is 0 Å². The number of pyridine rings is 1. The molecule has 0 saturated carbocycles. The molecular weight excluding hydrogens is 380 g/mol. The molecular formula is C21H24N8O. The molecule has 30 heavy (non-hydrogen) atoms. The van der Waals surface area contributed by atoms with Gasteiger partial charge in [-0.25, -0.2) is 9.97 Å². The van der Waals surface area contributed by atoms with Gasteiger partial charge in [0.25, 0.3) is 5.56 Å². The van der Waals surface area contributed by atoms with Crippen LogP contribution in [-0.2, 0) is 0 Å². The topological polar surface area (TPSA) is 92.7 Å². The predicted molar refractivity (Wildman–Crippen MR) is 115 cm³/mol. The molecule has 2 unspecified atom stereocenters. The van der Waals surface area contributed by atoms with Crippen LogP contribution < -0.4 is 15.8 Å². The second-order valence-electron chi connectivity index (χ2n) is 8.15. The first-order chi connectivity index (χ1) is 14.4. The van der Waals surface area contributed by atoms with Crippen molar-refractivity contribution < 1.29 is 0 Å². The molecule has 0 bridgehead atoms. The molecule has 1 N–H and O–H groups in total. The normalized spacial score (nSPS) is 19.7. The van der Waals surface area contributed by atoms with Crippen molar-refractivity contribution in [3.05, 3.63) is 52.2 Å². The van der Waals surface area contributed by atoms with Crippen LogP contribution in [0.1, 0.15) is 25.2 Å². The molecule has 9 heteroatoms. The first-order valence-electron chi connectivity index (χ1n) is 10.1. The van der Waals surface area contributed by atoms with Crippen molar-refractivity contribution >= 4 is 17.0 Å². The summed E-state index contributed by atoms with van der Waals surface area (Å²) in [6.07, 6.45) is 1.89. The van der Waals surface area contributed by atoms with E-state index < -0.39 is 0 Å². The molecule has 5 rings (SSSR count). The number of nitrogens with zero attached hydrogens (tertiary/aromatic N) is 7. The van der Waals surface area contributed by atoms with Gasteiger partial charge in [-0.1, -0.05) is 0 Å². The number of nitrogens with one attached hydrogen (secondary N) is 1. The van der Waals surface area contributed by atoms with Gasteiger partial charge in [0.05, 0.1) is 11.4 Å². The highest BCUT2D eigenvalue weighted by Gasteiger charge is 2.22. The number of hydrogen-bond acceptors (Lipinski definition) is 7. The average molecular weight is 404 g/mol. The van der Waals surface area contributed by atoms with Crippen LogP contribution in [0.15, 0.2) is 35.3 Å². The Hall–Kier alpha value is -3.33. The second-order valence-corrected chi connectivity index (χ2v) is 8.15. The van der Waals surface area contributed by atoms with Crippen LogP contribution in [0.25, 0.3) is 22.7 Å². The SMILES string of the molecule is Cc1nc2ccc(-c3cc(=O)n4cc(N5CC(C)NC(C)C5)cc(C)c4n3)nn2n1. The predicted octanol–water partition coefficient (Wildman–Crippen LogP) is 1.60. The largest absolute Gasteiger partial charge is 0.367 e. The fraction of sp³-hybridized carbons (Fsp3) is 0.381. The van der Waals surface area contributed by atoms with Crippen LogP contribution >= 0.6 is 0 Å². The minimum atomic E-state index is -0.132. The van der Waals surface area contributed by atoms with Crippen molar-refractivity contribution in [2.45, 2.75) is 39.8 Å². The van der Waals surface area contributed by atoms with Gasteiger partial charge in [0, 0.05) is 37.4 Å². The zero-order valence-electron chi connectivity index (χ0n) is 17.5. The maximum Gasteiger partial charge on any atom is 0.258 e. The Balaban J connectivity index is 1.60. The van der Waals surface area contributed by atoms with Crippen molar-refractivity contribution in [1.82, 2.24) is 34.5 Å². The van der Waals surface area contributed by atoms with Gasteiger partial charge < -0.3 is 10.2 Å². The van der Waals surface area contributed by atoms with Gasteiger partial charge >= 0.3 is 0 Å². The molecule has 0 aliphatic carbocycles. The number of piperazine rings is 1. The lowest BCUT2D eigenvalue weighted by Gasteiger charge is -2.37. The third-order valence-electron chi connectivity index (χ3n) is 5.43. The van der Waals surface area contributed by atoms with E-state index in [2.05, 4.69) is 45.3 Å². The van der Waals surface area contributed by atoms with Crippen molar-refractivity contribution in [1.29, 1.82) is 0 Å². The second kappa shape index (κ2) is 6.88. The first-order valence-corrected chi connectivity index (χ1v) is 10.1. The van der Waals surface area contributed by atoms with Crippen LogP contribution in [0.4, 0.5) is 5.69 Å². The van der Waals surface area contributed by atoms with Gasteiger partial charge in [-0.15, -0.1) is 14.8 Å². The molecule has 154 valence electrons. The summed E-state index contributed by atoms with van der Waals surface area (Å²) in [7, 11) is 0. The lowest BCUT2D eigenvalue weighted by molar-refractivity contribution is 0.406. The Morgan fingerprint density at radius 2 is 1.77 bits per heavy atom. The van der Waals surface area contributed by atoms with E-state index in [0.29, 0.717) is 40.6 Å². The van der Waals surface area contributed by atoms with E-state index in [1.807, 2.05) is 32.2 Å². The van der Waals surface area contributed by atoms with E-state index in [4.69, 9.17) is 4.98 Å². The number of aromatic nitrogens is 6. The van der Waals surface area contributed by atoms with Crippen LogP contribution in [0.2, 0.25) is 0 Å². The summed E-state index contributed by atoms with van der Waals surface area (Å²) in [5, 5.41) is 12.3. The van der Waals surface area contributed by atoms with Gasteiger partial charge in [0.1, 0.15) is 17.2 Å². The molecule has 1 aliphatic rings. The highest BCUT2D eigenvalue weighted by molar-refractivity contribution is 5.63. The highest BCUT2D eigenvalue weighted by Crippen LogP contribution is 2.22. The van der Waals surface area contributed by atoms with Crippen molar-refractivity contribution in [2.75, 3.05) is 18.0 Å². The Morgan fingerprint density at radius 1 is 1.00 bits per heavy atom. The van der Waals surface area contributed by atoms with Gasteiger partial charge in [0.15, 0.2) is 5.65 Å². The number of aryl methyl sites for hydroxylation is 2. The minimum Gasteiger partial charge on any atom is -0.367 e. The number of hydrogen-bond donors (Lipinski definition) is 1. The Bertz CT molecular complexity index is 1310. The Kier molecular flexibility index (Phi) is 4.28. The molecule has 0 spiro atoms. The lowest BCUT2D eigenvalue weighted by Crippen LogP contribution is -2.54. The summed E-state index contributed by atoms with van der Waals surface area (Å²) in [6.45, 7) is 9.96. The maximum absolute atomic E-state index is 13.0. The number of anilines is 1. The first kappa shape index (κ1) is 18.7. The quantitative estimate of drug-likeness (QED) is 0.542. The minimum absolute atomic E-state index is 0.132. The molecule has 1 saturated heterocycles. The smallest absolute Gasteiger partial charge is 0.258 e. The zero-order valence-corrected chi connectivity index (χ0v) is 17.5. The Morgan fingerprint density at radius 3 is 2.53 bits per heavy atom. The summed E-state index contributed by atoms with van der Waals surface area (Å²) in [6, 6.07) is 8.06. The average Bonchev–Trinajstić information content (AvgIpc) is 3.06. The van der Waals surface area contributed by atoms with Gasteiger partial charge in [0.2, 0.25) is 0 Å². The number of rotatable bonds is 2. The molecule has 2 atom stereocenters. The summed E-state index contributed by atoms with van der Waals surface area (Å²) in [4.78, 5) is 24.3. The van der Waals surface area contributed by atoms with Crippen molar-refractivity contribution in [3.8, 4) is 11.4 Å². The summed E-state index contributed by atoms with van der Waals surface area (Å²) < 4.78 is 3.10. The molecule has 1 aliphatic heterocycles. The third kappa shape index (κ3) is 3.21. The maximum atomic E-state index is 13.0. The van der Waals surface area contributed by atoms with E-state index in [9.17, 15) is 4.79 Å². The van der Waals surface area contributed by atoms with Crippen LogP contribution in [-0.4, -0.2) is 54.4 Å². The van der Waals surface area contributed by atoms with Gasteiger partial charge in [-0.3, -0.25) is 9.20 Å². The molecule has 9 nitrogen and oxygen atoms in total. The number of fused-ring (bicyclic) bond motifs is 2. The molecule has 1 fully saturated rings. The van der Waals surface area contributed by atoms with Crippen molar-refractivity contribution in [3.63, 3.8) is 0 Å². The van der Waals surface area contributed by atoms with Crippen LogP contribution in [0.3, 0.4) is 0 Å². The van der Waals surface area contributed by atoms with Crippen LogP contribution in [0.5, 0.6) is 0 Å². The monoisotopic (exact) mass is 404 g/mol. The summed E-state index contributed by atoms with van der Waals surface area (Å²) in [5.41, 5.74) is 4.25. The summed E-state index contributed by atoms with van der Waals surface area (Å²) in [5.74, 6) is 0.645. The standard InChI is InChI=1S/C21H24N8O/c1-12-7-16(27-9-13(2)22-14(3)10-27)11-28-20(30)8-18(24-21(12)28)17-5-6-19-23-15(4)25-29(19)26-17/h5-8,11,13-14,22H,9-10H2,1-4H3. The van der Waals surface area contributed by atoms with Crippen LogP contribution in [0, 0.1) is 13.8 Å². The van der Waals surface area contributed by atoms with E-state index in [-0.39, 0.29) is 5.56 Å². The summed E-state index contributed by atoms with van der Waals surface area (Å²) >= 11 is 0.